The van der Waals surface area contributed by atoms with Crippen molar-refractivity contribution in [1.82, 2.24) is 19.1 Å². The average Bonchev–Trinajstić information content (AvgIpc) is 3.76. The van der Waals surface area contributed by atoms with E-state index < -0.39 is 22.4 Å². The number of imidazole rings is 2. The number of sulfonamides is 1. The standard InChI is InChI=1S/C21H30FN3O2S.C18H26FN3/c1-21(2,3)20-23-18-12-16(24-28(26,27)17-9-10-17)8-11-19(18)25(20)13-14-4-6-15(22)7-5-14;1-18(2,3)17-21-15-10-14(20)8-9-16(15)22(17)11-12-4-6-13(19)7-5-12/h8,11-12,14-15,17,24H,4-7,9-10,13H2,1-3H3;8-10,12-13H,4-7,11,20H2,1-3H3. The van der Waals surface area contributed by atoms with E-state index in [9.17, 15) is 17.2 Å². The number of hydrogen-bond donors (Lipinski definition) is 2. The molecule has 0 spiro atoms. The maximum atomic E-state index is 13.5. The fourth-order valence-electron chi connectivity index (χ4n) is 7.61. The molecular formula is C39H56F2N6O2S. The van der Waals surface area contributed by atoms with Crippen LogP contribution in [0.15, 0.2) is 36.4 Å². The lowest BCUT2D eigenvalue weighted by molar-refractivity contribution is 0.194. The highest BCUT2D eigenvalue weighted by molar-refractivity contribution is 7.93. The Labute approximate surface area is 296 Å². The number of nitrogens with one attached hydrogen (secondary N) is 1. The van der Waals surface area contributed by atoms with Gasteiger partial charge < -0.3 is 14.9 Å². The van der Waals surface area contributed by atoms with Crippen molar-refractivity contribution in [2.24, 2.45) is 11.8 Å². The van der Waals surface area contributed by atoms with Crippen LogP contribution in [0.2, 0.25) is 0 Å². The van der Waals surface area contributed by atoms with Crippen LogP contribution < -0.4 is 10.5 Å². The number of hydrogen-bond acceptors (Lipinski definition) is 5. The molecule has 4 aromatic rings. The second-order valence-electron chi connectivity index (χ2n) is 17.1. The van der Waals surface area contributed by atoms with E-state index >= 15 is 0 Å². The molecule has 8 nitrogen and oxygen atoms in total. The van der Waals surface area contributed by atoms with E-state index in [0.29, 0.717) is 43.2 Å². The van der Waals surface area contributed by atoms with Crippen LogP contribution in [-0.4, -0.2) is 45.1 Å². The second kappa shape index (κ2) is 14.1. The molecule has 3 N–H and O–H groups in total. The highest BCUT2D eigenvalue weighted by atomic mass is 32.2. The number of nitrogens with two attached hydrogens (primary N) is 1. The fourth-order valence-corrected chi connectivity index (χ4v) is 8.98. The summed E-state index contributed by atoms with van der Waals surface area (Å²) in [7, 11) is -3.29. The van der Waals surface area contributed by atoms with Crippen LogP contribution in [0.5, 0.6) is 0 Å². The van der Waals surface area contributed by atoms with Crippen molar-refractivity contribution in [3.05, 3.63) is 48.0 Å². The monoisotopic (exact) mass is 710 g/mol. The normalized spacial score (nSPS) is 23.5. The minimum Gasteiger partial charge on any atom is -0.399 e. The summed E-state index contributed by atoms with van der Waals surface area (Å²) in [6.45, 7) is 14.7. The number of fused-ring (bicyclic) bond motifs is 2. The molecule has 2 heterocycles. The van der Waals surface area contributed by atoms with E-state index in [1.807, 2.05) is 30.3 Å². The molecular weight excluding hydrogens is 655 g/mol. The summed E-state index contributed by atoms with van der Waals surface area (Å²) in [6.07, 6.45) is 6.68. The molecule has 0 radical (unpaired) electrons. The lowest BCUT2D eigenvalue weighted by Gasteiger charge is -2.27. The molecule has 0 aliphatic heterocycles. The minimum atomic E-state index is -3.29. The van der Waals surface area contributed by atoms with Gasteiger partial charge in [0.2, 0.25) is 10.0 Å². The van der Waals surface area contributed by atoms with Crippen molar-refractivity contribution >= 4 is 43.5 Å². The number of benzene rings is 2. The maximum absolute atomic E-state index is 13.5. The lowest BCUT2D eigenvalue weighted by Crippen LogP contribution is -2.24. The number of anilines is 2. The molecule has 3 aliphatic carbocycles. The molecule has 274 valence electrons. The first-order chi connectivity index (χ1) is 23.5. The molecule has 11 heteroatoms. The van der Waals surface area contributed by atoms with Gasteiger partial charge in [0.05, 0.1) is 33.0 Å². The summed E-state index contributed by atoms with van der Waals surface area (Å²) in [6, 6.07) is 11.6. The highest BCUT2D eigenvalue weighted by Gasteiger charge is 2.36. The highest BCUT2D eigenvalue weighted by Crippen LogP contribution is 2.35. The Morgan fingerprint density at radius 1 is 0.700 bits per heavy atom. The SMILES string of the molecule is CC(C)(C)c1nc2cc(N)ccc2n1CC1CCC(F)CC1.CC(C)(C)c1nc2cc(NS(=O)(=O)C3CC3)ccc2n1CC1CCC(F)CC1. The Balaban J connectivity index is 0.000000178. The maximum Gasteiger partial charge on any atom is 0.235 e. The Kier molecular flexibility index (Phi) is 10.3. The Bertz CT molecular complexity index is 1900. The number of rotatable bonds is 7. The van der Waals surface area contributed by atoms with Crippen LogP contribution in [0, 0.1) is 11.8 Å². The Morgan fingerprint density at radius 2 is 1.14 bits per heavy atom. The van der Waals surface area contributed by atoms with E-state index in [1.165, 1.54) is 0 Å². The van der Waals surface area contributed by atoms with E-state index in [0.717, 1.165) is 91.0 Å². The third-order valence-corrected chi connectivity index (χ3v) is 12.4. The van der Waals surface area contributed by atoms with Crippen molar-refractivity contribution in [2.75, 3.05) is 10.5 Å². The minimum absolute atomic E-state index is 0.0227. The third kappa shape index (κ3) is 8.45. The Hall–Kier alpha value is -3.21. The molecule has 2 aromatic heterocycles. The van der Waals surface area contributed by atoms with Gasteiger partial charge in [-0.15, -0.1) is 0 Å². The molecule has 2 aromatic carbocycles. The van der Waals surface area contributed by atoms with Crippen LogP contribution in [0.4, 0.5) is 20.2 Å². The summed E-state index contributed by atoms with van der Waals surface area (Å²) >= 11 is 0. The van der Waals surface area contributed by atoms with Gasteiger partial charge in [-0.2, -0.15) is 0 Å². The molecule has 50 heavy (non-hydrogen) atoms. The Morgan fingerprint density at radius 3 is 1.58 bits per heavy atom. The van der Waals surface area contributed by atoms with Gasteiger partial charge in [-0.05, 0) is 112 Å². The largest absolute Gasteiger partial charge is 0.399 e. The van der Waals surface area contributed by atoms with Crippen molar-refractivity contribution in [3.8, 4) is 0 Å². The van der Waals surface area contributed by atoms with Crippen molar-refractivity contribution in [1.29, 1.82) is 0 Å². The van der Waals surface area contributed by atoms with E-state index in [-0.39, 0.29) is 16.1 Å². The van der Waals surface area contributed by atoms with Crippen LogP contribution >= 0.6 is 0 Å². The summed E-state index contributed by atoms with van der Waals surface area (Å²) < 4.78 is 58.7. The van der Waals surface area contributed by atoms with Crippen LogP contribution in [-0.2, 0) is 33.9 Å². The zero-order valence-corrected chi connectivity index (χ0v) is 31.5. The number of aromatic nitrogens is 4. The molecule has 3 fully saturated rings. The van der Waals surface area contributed by atoms with Gasteiger partial charge in [0, 0.05) is 29.6 Å². The van der Waals surface area contributed by atoms with Gasteiger partial charge in [0.1, 0.15) is 24.0 Å². The van der Waals surface area contributed by atoms with Gasteiger partial charge in [-0.25, -0.2) is 27.2 Å². The lowest BCUT2D eigenvalue weighted by atomic mass is 9.87. The molecule has 0 amide bonds. The summed E-state index contributed by atoms with van der Waals surface area (Å²) in [4.78, 5) is 9.70. The van der Waals surface area contributed by atoms with Crippen LogP contribution in [0.3, 0.4) is 0 Å². The van der Waals surface area contributed by atoms with Crippen molar-refractivity contribution in [2.45, 2.75) is 147 Å². The van der Waals surface area contributed by atoms with Gasteiger partial charge in [0.25, 0.3) is 0 Å². The zero-order valence-electron chi connectivity index (χ0n) is 30.7. The molecule has 0 atom stereocenters. The third-order valence-electron chi connectivity index (χ3n) is 10.5. The van der Waals surface area contributed by atoms with Gasteiger partial charge in [0.15, 0.2) is 0 Å². The number of halogens is 2. The average molecular weight is 711 g/mol. The number of nitrogens with zero attached hydrogens (tertiary/aromatic N) is 4. The first kappa shape index (κ1) is 36.6. The first-order valence-corrected chi connectivity index (χ1v) is 20.1. The van der Waals surface area contributed by atoms with E-state index in [1.54, 1.807) is 0 Å². The quantitative estimate of drug-likeness (QED) is 0.186. The summed E-state index contributed by atoms with van der Waals surface area (Å²) in [5.74, 6) is 3.09. The van der Waals surface area contributed by atoms with Gasteiger partial charge in [-0.1, -0.05) is 41.5 Å². The molecule has 0 bridgehead atoms. The summed E-state index contributed by atoms with van der Waals surface area (Å²) in [5.41, 5.74) is 11.0. The van der Waals surface area contributed by atoms with Crippen LogP contribution in [0.1, 0.15) is 117 Å². The number of alkyl halides is 2. The molecule has 3 aliphatic rings. The molecule has 3 saturated carbocycles. The number of nitrogen functional groups attached to an aromatic ring is 1. The van der Waals surface area contributed by atoms with Crippen molar-refractivity contribution in [3.63, 3.8) is 0 Å². The zero-order chi connectivity index (χ0) is 36.0. The van der Waals surface area contributed by atoms with Gasteiger partial charge in [-0.3, -0.25) is 4.72 Å². The molecule has 7 rings (SSSR count). The smallest absolute Gasteiger partial charge is 0.235 e. The summed E-state index contributed by atoms with van der Waals surface area (Å²) in [5, 5.41) is -0.253. The predicted octanol–water partition coefficient (Wildman–Crippen LogP) is 9.21. The van der Waals surface area contributed by atoms with E-state index in [2.05, 4.69) is 61.5 Å². The topological polar surface area (TPSA) is 108 Å². The van der Waals surface area contributed by atoms with Crippen molar-refractivity contribution < 1.29 is 17.2 Å². The molecule has 0 saturated heterocycles. The second-order valence-corrected chi connectivity index (χ2v) is 19.1. The van der Waals surface area contributed by atoms with Crippen LogP contribution in [0.25, 0.3) is 22.1 Å². The van der Waals surface area contributed by atoms with Gasteiger partial charge >= 0.3 is 0 Å². The molecule has 0 unspecified atom stereocenters. The van der Waals surface area contributed by atoms with E-state index in [4.69, 9.17) is 15.7 Å². The fraction of sp³-hybridized carbons (Fsp3) is 0.641. The first-order valence-electron chi connectivity index (χ1n) is 18.5. The predicted molar refractivity (Wildman–Crippen MR) is 201 cm³/mol.